The fraction of sp³-hybridized carbons (Fsp3) is 0.462. The molecule has 7 heteroatoms. The highest BCUT2D eigenvalue weighted by Crippen LogP contribution is 2.25. The van der Waals surface area contributed by atoms with Crippen molar-refractivity contribution in [3.8, 4) is 0 Å². The summed E-state index contributed by atoms with van der Waals surface area (Å²) in [6, 6.07) is 1.16. The lowest BCUT2D eigenvalue weighted by molar-refractivity contribution is -0.387. The second kappa shape index (κ2) is 5.94. The van der Waals surface area contributed by atoms with Crippen LogP contribution in [0.25, 0.3) is 0 Å². The molecule has 1 aromatic rings. The summed E-state index contributed by atoms with van der Waals surface area (Å²) in [4.78, 5) is 23.0. The predicted molar refractivity (Wildman–Crippen MR) is 69.4 cm³/mol. The van der Waals surface area contributed by atoms with Gasteiger partial charge in [-0.25, -0.2) is 4.39 Å². The molecule has 1 amide bonds. The molecule has 0 saturated carbocycles. The van der Waals surface area contributed by atoms with Gasteiger partial charge in [-0.3, -0.25) is 14.9 Å². The largest absolute Gasteiger partial charge is 0.339 e. The third-order valence-electron chi connectivity index (χ3n) is 3.38. The zero-order valence-electron chi connectivity index (χ0n) is 11.7. The minimum Gasteiger partial charge on any atom is -0.339 e. The molecule has 0 saturated heterocycles. The van der Waals surface area contributed by atoms with Gasteiger partial charge in [0.2, 0.25) is 5.82 Å². The molecule has 110 valence electrons. The molecule has 20 heavy (non-hydrogen) atoms. The van der Waals surface area contributed by atoms with Crippen LogP contribution in [0, 0.1) is 27.7 Å². The van der Waals surface area contributed by atoms with E-state index < -0.39 is 33.7 Å². The maximum atomic E-state index is 13.9. The van der Waals surface area contributed by atoms with Crippen LogP contribution < -0.4 is 0 Å². The Hall–Kier alpha value is -2.05. The van der Waals surface area contributed by atoms with E-state index in [4.69, 9.17) is 0 Å². The van der Waals surface area contributed by atoms with Crippen molar-refractivity contribution in [1.82, 2.24) is 4.90 Å². The Labute approximate surface area is 115 Å². The van der Waals surface area contributed by atoms with Gasteiger partial charge in [0, 0.05) is 19.2 Å². The van der Waals surface area contributed by atoms with Crippen molar-refractivity contribution >= 4 is 11.6 Å². The lowest BCUT2D eigenvalue weighted by atomic mass is 10.0. The van der Waals surface area contributed by atoms with E-state index in [0.717, 1.165) is 6.07 Å². The van der Waals surface area contributed by atoms with E-state index in [-0.39, 0.29) is 12.0 Å². The Morgan fingerprint density at radius 1 is 1.30 bits per heavy atom. The van der Waals surface area contributed by atoms with Crippen molar-refractivity contribution in [2.45, 2.75) is 26.8 Å². The Morgan fingerprint density at radius 3 is 2.30 bits per heavy atom. The zero-order valence-corrected chi connectivity index (χ0v) is 11.7. The van der Waals surface area contributed by atoms with Crippen LogP contribution in [0.5, 0.6) is 0 Å². The van der Waals surface area contributed by atoms with Crippen LogP contribution in [0.1, 0.15) is 31.1 Å². The number of nitro benzene ring substituents is 1. The van der Waals surface area contributed by atoms with Crippen molar-refractivity contribution in [1.29, 1.82) is 0 Å². The SMILES string of the molecule is CC(C)C(C)N(C)C(=O)c1c(F)ccc([N+](=O)[O-])c1F. The first-order valence-corrected chi connectivity index (χ1v) is 6.08. The van der Waals surface area contributed by atoms with Gasteiger partial charge in [0.15, 0.2) is 0 Å². The van der Waals surface area contributed by atoms with Gasteiger partial charge < -0.3 is 4.90 Å². The maximum absolute atomic E-state index is 13.9. The third kappa shape index (κ3) is 2.92. The average Bonchev–Trinajstić information content (AvgIpc) is 2.36. The van der Waals surface area contributed by atoms with E-state index in [9.17, 15) is 23.7 Å². The summed E-state index contributed by atoms with van der Waals surface area (Å²) in [5.41, 5.74) is -1.81. The van der Waals surface area contributed by atoms with Gasteiger partial charge in [-0.15, -0.1) is 0 Å². The summed E-state index contributed by atoms with van der Waals surface area (Å²) in [7, 11) is 1.41. The van der Waals surface area contributed by atoms with Crippen LogP contribution in [-0.2, 0) is 0 Å². The van der Waals surface area contributed by atoms with Crippen molar-refractivity contribution in [2.75, 3.05) is 7.05 Å². The van der Waals surface area contributed by atoms with E-state index in [1.807, 2.05) is 13.8 Å². The molecular formula is C13H16F2N2O3. The number of rotatable bonds is 4. The van der Waals surface area contributed by atoms with Crippen LogP contribution in [0.2, 0.25) is 0 Å². The maximum Gasteiger partial charge on any atom is 0.305 e. The first kappa shape index (κ1) is 16.0. The van der Waals surface area contributed by atoms with Gasteiger partial charge in [0.05, 0.1) is 4.92 Å². The number of nitrogens with zero attached hydrogens (tertiary/aromatic N) is 2. The molecule has 0 N–H and O–H groups in total. The van der Waals surface area contributed by atoms with Crippen molar-refractivity contribution in [2.24, 2.45) is 5.92 Å². The third-order valence-corrected chi connectivity index (χ3v) is 3.38. The molecule has 0 radical (unpaired) electrons. The van der Waals surface area contributed by atoms with Gasteiger partial charge in [-0.2, -0.15) is 4.39 Å². The average molecular weight is 286 g/mol. The number of hydrogen-bond donors (Lipinski definition) is 0. The van der Waals surface area contributed by atoms with Crippen LogP contribution in [0.4, 0.5) is 14.5 Å². The van der Waals surface area contributed by atoms with Crippen LogP contribution in [0.3, 0.4) is 0 Å². The second-order valence-electron chi connectivity index (χ2n) is 4.91. The lowest BCUT2D eigenvalue weighted by Gasteiger charge is -2.28. The van der Waals surface area contributed by atoms with Crippen molar-refractivity contribution in [3.05, 3.63) is 39.4 Å². The molecule has 0 aliphatic rings. The number of carbonyl (C=O) groups excluding carboxylic acids is 1. The summed E-state index contributed by atoms with van der Waals surface area (Å²) in [6.45, 7) is 5.44. The van der Waals surface area contributed by atoms with Crippen molar-refractivity contribution in [3.63, 3.8) is 0 Å². The van der Waals surface area contributed by atoms with Gasteiger partial charge in [0.25, 0.3) is 5.91 Å². The summed E-state index contributed by atoms with van der Waals surface area (Å²) in [5.74, 6) is -3.39. The summed E-state index contributed by atoms with van der Waals surface area (Å²) < 4.78 is 27.6. The Morgan fingerprint density at radius 2 is 1.85 bits per heavy atom. The molecule has 0 spiro atoms. The summed E-state index contributed by atoms with van der Waals surface area (Å²) >= 11 is 0. The molecule has 1 aromatic carbocycles. The molecule has 0 fully saturated rings. The van der Waals surface area contributed by atoms with E-state index in [0.29, 0.717) is 6.07 Å². The van der Waals surface area contributed by atoms with Crippen molar-refractivity contribution < 1.29 is 18.5 Å². The molecule has 0 aromatic heterocycles. The minimum absolute atomic E-state index is 0.0776. The second-order valence-corrected chi connectivity index (χ2v) is 4.91. The molecule has 1 unspecified atom stereocenters. The molecule has 1 atom stereocenters. The quantitative estimate of drug-likeness (QED) is 0.631. The molecule has 0 heterocycles. The standard InChI is InChI=1S/C13H16F2N2O3/c1-7(2)8(3)16(4)13(18)11-9(14)5-6-10(12(11)15)17(19)20/h5-8H,1-4H3. The number of benzene rings is 1. The highest BCUT2D eigenvalue weighted by atomic mass is 19.1. The Balaban J connectivity index is 3.29. The number of halogens is 2. The van der Waals surface area contributed by atoms with E-state index in [1.54, 1.807) is 6.92 Å². The number of carbonyl (C=O) groups is 1. The highest BCUT2D eigenvalue weighted by Gasteiger charge is 2.30. The molecule has 1 rings (SSSR count). The smallest absolute Gasteiger partial charge is 0.305 e. The molecule has 0 bridgehead atoms. The van der Waals surface area contributed by atoms with Gasteiger partial charge in [0.1, 0.15) is 11.4 Å². The number of amides is 1. The summed E-state index contributed by atoms with van der Waals surface area (Å²) in [6.07, 6.45) is 0. The van der Waals surface area contributed by atoms with Crippen LogP contribution in [-0.4, -0.2) is 28.8 Å². The summed E-state index contributed by atoms with van der Waals surface area (Å²) in [5, 5.41) is 10.6. The first-order chi connectivity index (χ1) is 9.18. The van der Waals surface area contributed by atoms with Gasteiger partial charge >= 0.3 is 5.69 Å². The van der Waals surface area contributed by atoms with E-state index in [1.165, 1.54) is 11.9 Å². The van der Waals surface area contributed by atoms with E-state index in [2.05, 4.69) is 0 Å². The van der Waals surface area contributed by atoms with Crippen LogP contribution >= 0.6 is 0 Å². The number of hydrogen-bond acceptors (Lipinski definition) is 3. The van der Waals surface area contributed by atoms with Gasteiger partial charge in [-0.05, 0) is 18.9 Å². The highest BCUT2D eigenvalue weighted by molar-refractivity contribution is 5.95. The fourth-order valence-electron chi connectivity index (χ4n) is 1.69. The fourth-order valence-corrected chi connectivity index (χ4v) is 1.69. The zero-order chi connectivity index (χ0) is 15.6. The molecular weight excluding hydrogens is 270 g/mol. The number of nitro groups is 1. The molecule has 0 aliphatic heterocycles. The Bertz CT molecular complexity index is 547. The molecule has 0 aliphatic carbocycles. The normalized spacial score (nSPS) is 12.3. The predicted octanol–water partition coefficient (Wildman–Crippen LogP) is 2.99. The minimum atomic E-state index is -1.44. The van der Waals surface area contributed by atoms with Gasteiger partial charge in [-0.1, -0.05) is 13.8 Å². The topological polar surface area (TPSA) is 63.5 Å². The van der Waals surface area contributed by atoms with E-state index >= 15 is 0 Å². The molecule has 5 nitrogen and oxygen atoms in total. The van der Waals surface area contributed by atoms with Crippen LogP contribution in [0.15, 0.2) is 12.1 Å². The Kier molecular flexibility index (Phi) is 4.75. The lowest BCUT2D eigenvalue weighted by Crippen LogP contribution is -2.39. The monoisotopic (exact) mass is 286 g/mol. The first-order valence-electron chi connectivity index (χ1n) is 6.08.